The van der Waals surface area contributed by atoms with Gasteiger partial charge in [0, 0.05) is 51.4 Å². The first-order valence-corrected chi connectivity index (χ1v) is 11.8. The zero-order chi connectivity index (χ0) is 25.3. The fourth-order valence-corrected chi connectivity index (χ4v) is 3.83. The first kappa shape index (κ1) is 24.8. The van der Waals surface area contributed by atoms with Crippen LogP contribution in [0.4, 0.5) is 16.3 Å². The van der Waals surface area contributed by atoms with E-state index in [-0.39, 0.29) is 18.9 Å². The fourth-order valence-electron chi connectivity index (χ4n) is 3.83. The predicted molar refractivity (Wildman–Crippen MR) is 137 cm³/mol. The van der Waals surface area contributed by atoms with E-state index in [0.29, 0.717) is 36.2 Å². The van der Waals surface area contributed by atoms with Gasteiger partial charge in [-0.2, -0.15) is 0 Å². The number of piperazine rings is 1. The molecular weight excluding hydrogens is 460 g/mol. The highest BCUT2D eigenvalue weighted by Gasteiger charge is 2.21. The zero-order valence-electron chi connectivity index (χ0n) is 20.4. The molecule has 0 bridgehead atoms. The molecule has 1 aliphatic heterocycles. The van der Waals surface area contributed by atoms with Crippen LogP contribution in [0, 0.1) is 6.92 Å². The second-order valence-corrected chi connectivity index (χ2v) is 8.33. The third-order valence-electron chi connectivity index (χ3n) is 5.76. The highest BCUT2D eigenvalue weighted by Crippen LogP contribution is 2.31. The Morgan fingerprint density at radius 1 is 1.00 bits per heavy atom. The zero-order valence-corrected chi connectivity index (χ0v) is 20.4. The van der Waals surface area contributed by atoms with Gasteiger partial charge < -0.3 is 29.9 Å². The largest absolute Gasteiger partial charge is 0.493 e. The van der Waals surface area contributed by atoms with E-state index in [1.807, 2.05) is 48.2 Å². The molecule has 0 unspecified atom stereocenters. The van der Waals surface area contributed by atoms with Crippen molar-refractivity contribution in [2.45, 2.75) is 13.3 Å². The van der Waals surface area contributed by atoms with Crippen LogP contribution in [0.15, 0.2) is 60.9 Å². The van der Waals surface area contributed by atoms with E-state index in [1.165, 1.54) is 6.20 Å². The predicted octanol–water partition coefficient (Wildman–Crippen LogP) is 3.45. The summed E-state index contributed by atoms with van der Waals surface area (Å²) in [6.07, 6.45) is 3.51. The number of methoxy groups -OCH3 is 1. The van der Waals surface area contributed by atoms with Gasteiger partial charge in [0.1, 0.15) is 5.82 Å². The summed E-state index contributed by atoms with van der Waals surface area (Å²) < 4.78 is 11.1. The Hall–Kier alpha value is -4.34. The molecule has 10 nitrogen and oxygen atoms in total. The number of rotatable bonds is 8. The molecule has 1 aliphatic rings. The highest BCUT2D eigenvalue weighted by molar-refractivity contribution is 5.89. The summed E-state index contributed by atoms with van der Waals surface area (Å²) in [6.45, 7) is 4.95. The average Bonchev–Trinajstić information content (AvgIpc) is 2.91. The molecule has 3 heterocycles. The molecular formula is C26H30N6O4. The van der Waals surface area contributed by atoms with Crippen molar-refractivity contribution in [1.29, 1.82) is 0 Å². The third kappa shape index (κ3) is 6.62. The number of urea groups is 1. The molecule has 3 amide bonds. The summed E-state index contributed by atoms with van der Waals surface area (Å²) in [4.78, 5) is 37.3. The van der Waals surface area contributed by atoms with Crippen molar-refractivity contribution >= 4 is 23.4 Å². The molecule has 4 rings (SSSR count). The van der Waals surface area contributed by atoms with Crippen molar-refractivity contribution in [2.24, 2.45) is 0 Å². The van der Waals surface area contributed by atoms with Crippen molar-refractivity contribution in [3.05, 3.63) is 66.5 Å². The van der Waals surface area contributed by atoms with Gasteiger partial charge in [-0.05, 0) is 42.8 Å². The lowest BCUT2D eigenvalue weighted by Crippen LogP contribution is -2.49. The Balaban J connectivity index is 1.17. The molecule has 1 aromatic carbocycles. The number of aryl methyl sites for hydroxylation is 1. The monoisotopic (exact) mass is 490 g/mol. The third-order valence-corrected chi connectivity index (χ3v) is 5.76. The Bertz CT molecular complexity index is 1160. The Morgan fingerprint density at radius 3 is 2.53 bits per heavy atom. The van der Waals surface area contributed by atoms with E-state index in [2.05, 4.69) is 25.5 Å². The number of hydrogen-bond acceptors (Lipinski definition) is 7. The summed E-state index contributed by atoms with van der Waals surface area (Å²) >= 11 is 0. The number of carbonyl (C=O) groups excluding carboxylic acids is 2. The van der Waals surface area contributed by atoms with E-state index in [1.54, 1.807) is 25.4 Å². The minimum Gasteiger partial charge on any atom is -0.493 e. The van der Waals surface area contributed by atoms with Crippen molar-refractivity contribution < 1.29 is 19.1 Å². The molecule has 36 heavy (non-hydrogen) atoms. The van der Waals surface area contributed by atoms with Crippen LogP contribution in [-0.4, -0.2) is 66.6 Å². The maximum Gasteiger partial charge on any atom is 0.319 e. The van der Waals surface area contributed by atoms with Crippen LogP contribution in [0.5, 0.6) is 17.4 Å². The first-order chi connectivity index (χ1) is 17.5. The maximum atomic E-state index is 12.5. The van der Waals surface area contributed by atoms with E-state index in [9.17, 15) is 9.59 Å². The van der Waals surface area contributed by atoms with Gasteiger partial charge in [-0.25, -0.2) is 14.8 Å². The molecule has 0 atom stereocenters. The molecule has 2 aromatic heterocycles. The van der Waals surface area contributed by atoms with E-state index in [4.69, 9.17) is 9.47 Å². The van der Waals surface area contributed by atoms with E-state index >= 15 is 0 Å². The lowest BCUT2D eigenvalue weighted by molar-refractivity contribution is -0.131. The van der Waals surface area contributed by atoms with Gasteiger partial charge in [-0.3, -0.25) is 4.79 Å². The van der Waals surface area contributed by atoms with Crippen molar-refractivity contribution in [1.82, 2.24) is 20.2 Å². The van der Waals surface area contributed by atoms with Crippen LogP contribution in [0.1, 0.15) is 12.0 Å². The number of pyridine rings is 2. The number of ether oxygens (including phenoxy) is 2. The molecule has 10 heteroatoms. The van der Waals surface area contributed by atoms with Crippen LogP contribution in [-0.2, 0) is 4.79 Å². The summed E-state index contributed by atoms with van der Waals surface area (Å²) in [7, 11) is 1.58. The molecule has 0 spiro atoms. The molecule has 2 N–H and O–H groups in total. The van der Waals surface area contributed by atoms with Gasteiger partial charge in [-0.15, -0.1) is 0 Å². The minimum absolute atomic E-state index is 0.0191. The molecule has 0 radical (unpaired) electrons. The molecule has 0 aliphatic carbocycles. The number of nitrogens with zero attached hydrogens (tertiary/aromatic N) is 4. The topological polar surface area (TPSA) is 109 Å². The Kier molecular flexibility index (Phi) is 8.17. The standard InChI is InChI=1S/C26H30N6O4/c1-19-6-8-21(22(17-19)35-2)36-24-9-7-20(18-29-24)30-26(34)28-12-10-25(33)32-15-13-31(14-16-32)23-5-3-4-11-27-23/h3-9,11,17-18H,10,12-16H2,1-2H3,(H2,28,30,34). The lowest BCUT2D eigenvalue weighted by atomic mass is 10.2. The molecule has 0 saturated carbocycles. The molecule has 3 aromatic rings. The normalized spacial score (nSPS) is 13.2. The van der Waals surface area contributed by atoms with Crippen LogP contribution < -0.4 is 25.0 Å². The van der Waals surface area contributed by atoms with Gasteiger partial charge in [0.2, 0.25) is 11.8 Å². The highest BCUT2D eigenvalue weighted by atomic mass is 16.5. The van der Waals surface area contributed by atoms with Crippen molar-refractivity contribution in [3.63, 3.8) is 0 Å². The molecule has 188 valence electrons. The average molecular weight is 491 g/mol. The number of amides is 3. The lowest BCUT2D eigenvalue weighted by Gasteiger charge is -2.35. The van der Waals surface area contributed by atoms with Gasteiger partial charge in [-0.1, -0.05) is 12.1 Å². The van der Waals surface area contributed by atoms with Gasteiger partial charge in [0.25, 0.3) is 0 Å². The van der Waals surface area contributed by atoms with E-state index < -0.39 is 6.03 Å². The molecule has 1 saturated heterocycles. The van der Waals surface area contributed by atoms with Crippen LogP contribution in [0.2, 0.25) is 0 Å². The summed E-state index contributed by atoms with van der Waals surface area (Å²) in [5, 5.41) is 5.43. The number of benzene rings is 1. The van der Waals surface area contributed by atoms with Crippen LogP contribution in [0.3, 0.4) is 0 Å². The number of aromatic nitrogens is 2. The SMILES string of the molecule is COc1cc(C)ccc1Oc1ccc(NC(=O)NCCC(=O)N2CCN(c3ccccn3)CC2)cn1. The number of hydrogen-bond donors (Lipinski definition) is 2. The number of anilines is 2. The van der Waals surface area contributed by atoms with E-state index in [0.717, 1.165) is 24.5 Å². The second-order valence-electron chi connectivity index (χ2n) is 8.33. The Morgan fingerprint density at radius 2 is 1.83 bits per heavy atom. The van der Waals surface area contributed by atoms with Crippen molar-refractivity contribution in [2.75, 3.05) is 50.1 Å². The Labute approximate surface area is 210 Å². The maximum absolute atomic E-state index is 12.5. The number of carbonyl (C=O) groups is 2. The fraction of sp³-hybridized carbons (Fsp3) is 0.308. The van der Waals surface area contributed by atoms with Crippen LogP contribution in [0.25, 0.3) is 0 Å². The van der Waals surface area contributed by atoms with Crippen molar-refractivity contribution in [3.8, 4) is 17.4 Å². The van der Waals surface area contributed by atoms with Gasteiger partial charge >= 0.3 is 6.03 Å². The smallest absolute Gasteiger partial charge is 0.319 e. The first-order valence-electron chi connectivity index (χ1n) is 11.8. The summed E-state index contributed by atoms with van der Waals surface area (Å²) in [5.41, 5.74) is 1.57. The minimum atomic E-state index is -0.404. The molecule has 1 fully saturated rings. The quantitative estimate of drug-likeness (QED) is 0.498. The second kappa shape index (κ2) is 11.9. The number of nitrogens with one attached hydrogen (secondary N) is 2. The van der Waals surface area contributed by atoms with Gasteiger partial charge in [0.15, 0.2) is 11.5 Å². The van der Waals surface area contributed by atoms with Crippen LogP contribution >= 0.6 is 0 Å². The summed E-state index contributed by atoms with van der Waals surface area (Å²) in [5.74, 6) is 2.48. The summed E-state index contributed by atoms with van der Waals surface area (Å²) in [6, 6.07) is 14.4. The van der Waals surface area contributed by atoms with Gasteiger partial charge in [0.05, 0.1) is 19.0 Å².